The number of hydrogen-bond acceptors (Lipinski definition) is 6. The molecule has 0 spiro atoms. The van der Waals surface area contributed by atoms with E-state index in [-0.39, 0.29) is 11.2 Å². The topological polar surface area (TPSA) is 73.1 Å². The molecule has 0 fully saturated rings. The Morgan fingerprint density at radius 1 is 1.06 bits per heavy atom. The Hall–Kier alpha value is -3.65. The molecule has 0 aliphatic carbocycles. The first-order chi connectivity index (χ1) is 17.1. The molecular formula is C27H27N5O2S. The van der Waals surface area contributed by atoms with Gasteiger partial charge in [-0.05, 0) is 67.8 Å². The molecule has 178 valence electrons. The Morgan fingerprint density at radius 2 is 1.86 bits per heavy atom. The second kappa shape index (κ2) is 10.3. The third-order valence-corrected chi connectivity index (χ3v) is 7.06. The van der Waals surface area contributed by atoms with Crippen molar-refractivity contribution in [1.29, 1.82) is 0 Å². The summed E-state index contributed by atoms with van der Waals surface area (Å²) in [6.45, 7) is 5.88. The molecule has 0 saturated heterocycles. The van der Waals surface area contributed by atoms with Gasteiger partial charge in [0.2, 0.25) is 5.91 Å². The van der Waals surface area contributed by atoms with Crippen LogP contribution >= 0.6 is 11.8 Å². The number of rotatable bonds is 7. The smallest absolute Gasteiger partial charge is 0.236 e. The molecule has 2 aromatic carbocycles. The van der Waals surface area contributed by atoms with Crippen molar-refractivity contribution in [3.8, 4) is 22.8 Å². The number of fused-ring (bicyclic) bond motifs is 1. The first-order valence-electron chi connectivity index (χ1n) is 11.8. The van der Waals surface area contributed by atoms with Gasteiger partial charge in [-0.1, -0.05) is 36.0 Å². The van der Waals surface area contributed by atoms with Crippen LogP contribution < -0.4 is 4.74 Å². The zero-order chi connectivity index (χ0) is 24.2. The van der Waals surface area contributed by atoms with Gasteiger partial charge in [-0.2, -0.15) is 0 Å². The molecule has 0 bridgehead atoms. The Bertz CT molecular complexity index is 1310. The fourth-order valence-corrected chi connectivity index (χ4v) is 5.22. The lowest BCUT2D eigenvalue weighted by Gasteiger charge is -2.30. The molecule has 8 heteroatoms. The summed E-state index contributed by atoms with van der Waals surface area (Å²) in [6.07, 6.45) is 4.38. The number of nitrogens with zero attached hydrogens (tertiary/aromatic N) is 5. The van der Waals surface area contributed by atoms with E-state index in [2.05, 4.69) is 33.4 Å². The normalized spacial score (nSPS) is 13.8. The van der Waals surface area contributed by atoms with E-state index in [1.807, 2.05) is 65.8 Å². The van der Waals surface area contributed by atoms with E-state index in [1.54, 1.807) is 12.4 Å². The van der Waals surface area contributed by atoms with Crippen molar-refractivity contribution < 1.29 is 9.53 Å². The monoisotopic (exact) mass is 485 g/mol. The van der Waals surface area contributed by atoms with Crippen LogP contribution in [-0.4, -0.2) is 49.0 Å². The van der Waals surface area contributed by atoms with Crippen LogP contribution in [0.2, 0.25) is 0 Å². The van der Waals surface area contributed by atoms with Crippen LogP contribution in [-0.2, 0) is 17.8 Å². The summed E-state index contributed by atoms with van der Waals surface area (Å²) >= 11 is 1.42. The van der Waals surface area contributed by atoms with Crippen molar-refractivity contribution in [1.82, 2.24) is 24.6 Å². The zero-order valence-electron chi connectivity index (χ0n) is 19.8. The maximum absolute atomic E-state index is 13.4. The number of pyridine rings is 1. The number of thioether (sulfide) groups is 1. The van der Waals surface area contributed by atoms with E-state index >= 15 is 0 Å². The molecule has 0 N–H and O–H groups in total. The molecule has 2 aromatic heterocycles. The van der Waals surface area contributed by atoms with Crippen LogP contribution in [0, 0.1) is 0 Å². The summed E-state index contributed by atoms with van der Waals surface area (Å²) in [4.78, 5) is 19.6. The van der Waals surface area contributed by atoms with Crippen molar-refractivity contribution in [3.05, 3.63) is 84.2 Å². The van der Waals surface area contributed by atoms with Gasteiger partial charge < -0.3 is 9.64 Å². The third kappa shape index (κ3) is 4.93. The van der Waals surface area contributed by atoms with Crippen molar-refractivity contribution in [3.63, 3.8) is 0 Å². The summed E-state index contributed by atoms with van der Waals surface area (Å²) < 4.78 is 7.58. The second-order valence-corrected chi connectivity index (χ2v) is 9.66. The fourth-order valence-electron chi connectivity index (χ4n) is 4.27. The van der Waals surface area contributed by atoms with Crippen LogP contribution in [0.25, 0.3) is 17.1 Å². The largest absolute Gasteiger partial charge is 0.494 e. The summed E-state index contributed by atoms with van der Waals surface area (Å²) in [5.41, 5.74) is 4.30. The molecule has 35 heavy (non-hydrogen) atoms. The number of benzene rings is 2. The highest BCUT2D eigenvalue weighted by Gasteiger charge is 2.27. The maximum atomic E-state index is 13.4. The van der Waals surface area contributed by atoms with Crippen LogP contribution in [0.15, 0.2) is 78.2 Å². The average molecular weight is 486 g/mol. The number of hydrogen-bond donors (Lipinski definition) is 0. The Labute approximate surface area is 209 Å². The minimum Gasteiger partial charge on any atom is -0.494 e. The average Bonchev–Trinajstić information content (AvgIpc) is 3.32. The molecule has 1 aliphatic rings. The minimum absolute atomic E-state index is 0.105. The zero-order valence-corrected chi connectivity index (χ0v) is 20.6. The van der Waals surface area contributed by atoms with Gasteiger partial charge in [0.05, 0.1) is 11.9 Å². The molecule has 1 aliphatic heterocycles. The lowest BCUT2D eigenvalue weighted by Crippen LogP contribution is -2.40. The van der Waals surface area contributed by atoms with E-state index in [0.29, 0.717) is 24.1 Å². The highest BCUT2D eigenvalue weighted by molar-refractivity contribution is 8.00. The lowest BCUT2D eigenvalue weighted by molar-refractivity contribution is -0.131. The predicted molar refractivity (Wildman–Crippen MR) is 137 cm³/mol. The molecule has 1 amide bonds. The first kappa shape index (κ1) is 23.1. The van der Waals surface area contributed by atoms with E-state index < -0.39 is 0 Å². The van der Waals surface area contributed by atoms with Crippen LogP contribution in [0.1, 0.15) is 25.0 Å². The van der Waals surface area contributed by atoms with Gasteiger partial charge in [0.15, 0.2) is 11.0 Å². The number of ether oxygens (including phenoxy) is 1. The molecule has 0 saturated carbocycles. The summed E-state index contributed by atoms with van der Waals surface area (Å²) in [6, 6.07) is 20.0. The van der Waals surface area contributed by atoms with Crippen LogP contribution in [0.4, 0.5) is 0 Å². The Balaban J connectivity index is 1.42. The van der Waals surface area contributed by atoms with Crippen molar-refractivity contribution in [2.45, 2.75) is 37.2 Å². The number of carbonyl (C=O) groups is 1. The molecule has 1 unspecified atom stereocenters. The maximum Gasteiger partial charge on any atom is 0.236 e. The first-order valence-corrected chi connectivity index (χ1v) is 12.6. The fraction of sp³-hybridized carbons (Fsp3) is 0.259. The van der Waals surface area contributed by atoms with Crippen LogP contribution in [0.5, 0.6) is 5.75 Å². The van der Waals surface area contributed by atoms with Crippen LogP contribution in [0.3, 0.4) is 0 Å². The van der Waals surface area contributed by atoms with E-state index in [0.717, 1.165) is 30.0 Å². The van der Waals surface area contributed by atoms with Gasteiger partial charge in [0.25, 0.3) is 0 Å². The predicted octanol–water partition coefficient (Wildman–Crippen LogP) is 4.79. The minimum atomic E-state index is -0.312. The molecule has 3 heterocycles. The highest BCUT2D eigenvalue weighted by Crippen LogP contribution is 2.32. The van der Waals surface area contributed by atoms with Crippen molar-refractivity contribution in [2.24, 2.45) is 0 Å². The van der Waals surface area contributed by atoms with E-state index in [1.165, 1.54) is 22.9 Å². The molecular weight excluding hydrogens is 458 g/mol. The molecule has 5 rings (SSSR count). The summed E-state index contributed by atoms with van der Waals surface area (Å²) in [5.74, 6) is 1.58. The van der Waals surface area contributed by atoms with Gasteiger partial charge >= 0.3 is 0 Å². The lowest BCUT2D eigenvalue weighted by atomic mass is 10.00. The van der Waals surface area contributed by atoms with E-state index in [4.69, 9.17) is 4.74 Å². The second-order valence-electron chi connectivity index (χ2n) is 8.35. The summed E-state index contributed by atoms with van der Waals surface area (Å²) in [5, 5.41) is 9.30. The van der Waals surface area contributed by atoms with Gasteiger partial charge in [-0.25, -0.2) is 0 Å². The Kier molecular flexibility index (Phi) is 6.81. The Morgan fingerprint density at radius 3 is 2.60 bits per heavy atom. The van der Waals surface area contributed by atoms with Gasteiger partial charge in [-0.3, -0.25) is 14.3 Å². The summed E-state index contributed by atoms with van der Waals surface area (Å²) in [7, 11) is 0. The molecule has 1 atom stereocenters. The van der Waals surface area contributed by atoms with Gasteiger partial charge in [0.1, 0.15) is 5.75 Å². The highest BCUT2D eigenvalue weighted by atomic mass is 32.2. The number of aromatic nitrogens is 4. The van der Waals surface area contributed by atoms with Crippen molar-refractivity contribution in [2.75, 3.05) is 13.2 Å². The standard InChI is InChI=1S/C27H27N5O2S/c1-3-34-24-12-10-23(11-13-24)32-25(21-9-6-15-28-17-21)29-30-27(32)35-19(2)26(33)31-16-14-20-7-4-5-8-22(20)18-31/h4-13,15,17,19H,3,14,16,18H2,1-2H3. The van der Waals surface area contributed by atoms with E-state index in [9.17, 15) is 4.79 Å². The SMILES string of the molecule is CCOc1ccc(-n2c(SC(C)C(=O)N3CCc4ccccc4C3)nnc2-c2cccnc2)cc1. The quantitative estimate of drug-likeness (QED) is 0.350. The third-order valence-electron chi connectivity index (χ3n) is 6.03. The van der Waals surface area contributed by atoms with Gasteiger partial charge in [-0.15, -0.1) is 10.2 Å². The number of amides is 1. The van der Waals surface area contributed by atoms with Crippen molar-refractivity contribution >= 4 is 17.7 Å². The molecule has 7 nitrogen and oxygen atoms in total. The molecule has 4 aromatic rings. The van der Waals surface area contributed by atoms with Gasteiger partial charge in [0, 0.05) is 36.7 Å². The number of carbonyl (C=O) groups excluding carboxylic acids is 1. The molecule has 0 radical (unpaired) electrons.